The van der Waals surface area contributed by atoms with E-state index in [0.29, 0.717) is 22.5 Å². The molecule has 3 heterocycles. The minimum Gasteiger partial charge on any atom is -0.505 e. The van der Waals surface area contributed by atoms with Crippen LogP contribution in [0.2, 0.25) is 0 Å². The first-order valence-electron chi connectivity index (χ1n) is 19.9. The predicted octanol–water partition coefficient (Wildman–Crippen LogP) is 4.01. The fraction of sp³-hybridized carbons (Fsp3) is 0.174. The maximum Gasteiger partial charge on any atom is 0.336 e. The minimum atomic E-state index is -1.40. The number of aromatic hydroxyl groups is 1. The van der Waals surface area contributed by atoms with Gasteiger partial charge in [-0.25, -0.2) is 23.4 Å². The lowest BCUT2D eigenvalue weighted by Gasteiger charge is -2.23. The number of ketones is 1. The van der Waals surface area contributed by atoms with Gasteiger partial charge in [0, 0.05) is 69.4 Å². The van der Waals surface area contributed by atoms with Crippen molar-refractivity contribution in [3.63, 3.8) is 0 Å². The van der Waals surface area contributed by atoms with E-state index in [2.05, 4.69) is 37.5 Å². The SMILES string of the molecule is C=c1cc2c(cc1F)=C(c1cc(C(=O)NCCCC(=O)CC[C@H](NC(=O)c3ccc(NCc4cnc5c(C)c(N)[nH]c(=O)c5n4)cc3)C(=O)O)ccc1C(=O)O)c1cc(F)c(O)cc1O2. The quantitative estimate of drug-likeness (QED) is 0.0637. The van der Waals surface area contributed by atoms with Crippen molar-refractivity contribution in [2.24, 2.45) is 0 Å². The molecule has 6 aromatic rings. The van der Waals surface area contributed by atoms with Crippen molar-refractivity contribution in [2.75, 3.05) is 17.6 Å². The van der Waals surface area contributed by atoms with Gasteiger partial charge in [0.15, 0.2) is 17.1 Å². The average molecular weight is 888 g/mol. The summed E-state index contributed by atoms with van der Waals surface area (Å²) in [6, 6.07) is 12.7. The van der Waals surface area contributed by atoms with Gasteiger partial charge in [0.05, 0.1) is 24.0 Å². The molecule has 0 fully saturated rings. The molecule has 65 heavy (non-hydrogen) atoms. The Balaban J connectivity index is 0.928. The second-order valence-electron chi connectivity index (χ2n) is 15.1. The number of aromatic nitrogens is 3. The summed E-state index contributed by atoms with van der Waals surface area (Å²) in [6.45, 7) is 5.53. The molecule has 0 saturated heterocycles. The highest BCUT2D eigenvalue weighted by Crippen LogP contribution is 2.40. The lowest BCUT2D eigenvalue weighted by atomic mass is 9.88. The van der Waals surface area contributed by atoms with Crippen LogP contribution in [0.1, 0.15) is 79.1 Å². The van der Waals surface area contributed by atoms with Crippen LogP contribution in [0, 0.1) is 18.6 Å². The van der Waals surface area contributed by atoms with Gasteiger partial charge >= 0.3 is 11.9 Å². The number of carbonyl (C=O) groups excluding carboxylic acids is 3. The number of H-pyrrole nitrogens is 1. The summed E-state index contributed by atoms with van der Waals surface area (Å²) in [7, 11) is 0. The first-order chi connectivity index (χ1) is 31.0. The van der Waals surface area contributed by atoms with E-state index in [1.54, 1.807) is 19.1 Å². The Labute approximate surface area is 366 Å². The van der Waals surface area contributed by atoms with Crippen LogP contribution in [0.5, 0.6) is 17.2 Å². The third kappa shape index (κ3) is 9.63. The number of carbonyl (C=O) groups is 5. The maximum absolute atomic E-state index is 14.9. The summed E-state index contributed by atoms with van der Waals surface area (Å²) in [4.78, 5) is 87.0. The van der Waals surface area contributed by atoms with Crippen molar-refractivity contribution in [1.29, 1.82) is 0 Å². The van der Waals surface area contributed by atoms with Crippen LogP contribution in [0.3, 0.4) is 0 Å². The molecule has 4 aromatic carbocycles. The van der Waals surface area contributed by atoms with Crippen molar-refractivity contribution in [3.05, 3.63) is 144 Å². The number of rotatable bonds is 16. The number of carboxylic acid groups (broad SMARTS) is 2. The van der Waals surface area contributed by atoms with Gasteiger partial charge in [0.25, 0.3) is 17.4 Å². The molecule has 0 aliphatic carbocycles. The first-order valence-corrected chi connectivity index (χ1v) is 19.9. The molecule has 1 aliphatic rings. The van der Waals surface area contributed by atoms with Crippen LogP contribution in [0.4, 0.5) is 20.3 Å². The molecule has 7 rings (SSSR count). The Hall–Kier alpha value is -8.48. The van der Waals surface area contributed by atoms with E-state index in [4.69, 9.17) is 10.5 Å². The van der Waals surface area contributed by atoms with Crippen LogP contribution in [0.15, 0.2) is 77.7 Å². The molecule has 2 amide bonds. The molecule has 1 aliphatic heterocycles. The molecule has 0 bridgehead atoms. The Morgan fingerprint density at radius 2 is 1.63 bits per heavy atom. The highest BCUT2D eigenvalue weighted by Gasteiger charge is 2.28. The number of pyridine rings is 1. The van der Waals surface area contributed by atoms with Gasteiger partial charge in [-0.2, -0.15) is 0 Å². The second kappa shape index (κ2) is 18.5. The zero-order valence-electron chi connectivity index (χ0n) is 34.4. The number of aromatic amines is 1. The van der Waals surface area contributed by atoms with Crippen molar-refractivity contribution in [1.82, 2.24) is 25.6 Å². The number of nitrogens with zero attached hydrogens (tertiary/aromatic N) is 2. The first kappa shape index (κ1) is 44.6. The summed E-state index contributed by atoms with van der Waals surface area (Å²) in [5.41, 5.74) is 7.32. The molecule has 1 atom stereocenters. The number of Topliss-reactive ketones (excluding diaryl/α,β-unsaturated/α-hetero) is 1. The van der Waals surface area contributed by atoms with E-state index in [1.807, 2.05) is 0 Å². The highest BCUT2D eigenvalue weighted by molar-refractivity contribution is 6.02. The van der Waals surface area contributed by atoms with E-state index in [9.17, 15) is 52.9 Å². The monoisotopic (exact) mass is 887 g/mol. The molecule has 17 nitrogen and oxygen atoms in total. The van der Waals surface area contributed by atoms with Crippen molar-refractivity contribution >= 4 is 64.2 Å². The topological polar surface area (TPSA) is 276 Å². The number of phenolic OH excluding ortho intramolecular Hbond substituents is 1. The largest absolute Gasteiger partial charge is 0.505 e. The second-order valence-corrected chi connectivity index (χ2v) is 15.1. The van der Waals surface area contributed by atoms with Gasteiger partial charge < -0.3 is 46.7 Å². The van der Waals surface area contributed by atoms with Gasteiger partial charge in [-0.15, -0.1) is 0 Å². The molecule has 9 N–H and O–H groups in total. The number of halogens is 2. The number of nitrogen functional groups attached to an aromatic ring is 1. The highest BCUT2D eigenvalue weighted by atomic mass is 19.1. The van der Waals surface area contributed by atoms with E-state index in [-0.39, 0.29) is 111 Å². The summed E-state index contributed by atoms with van der Waals surface area (Å²) in [6.07, 6.45) is 1.23. The number of ether oxygens (including phenoxy) is 1. The molecule has 2 aromatic heterocycles. The zero-order valence-corrected chi connectivity index (χ0v) is 34.4. The minimum absolute atomic E-state index is 0.00663. The summed E-state index contributed by atoms with van der Waals surface area (Å²) >= 11 is 0. The molecule has 0 spiro atoms. The van der Waals surface area contributed by atoms with Crippen LogP contribution in [-0.2, 0) is 16.1 Å². The van der Waals surface area contributed by atoms with Crippen molar-refractivity contribution in [2.45, 2.75) is 45.2 Å². The number of hydrogen-bond acceptors (Lipinski definition) is 12. The van der Waals surface area contributed by atoms with E-state index < -0.39 is 52.7 Å². The maximum atomic E-state index is 14.9. The Morgan fingerprint density at radius 1 is 0.892 bits per heavy atom. The fourth-order valence-electron chi connectivity index (χ4n) is 7.13. The lowest BCUT2D eigenvalue weighted by Crippen LogP contribution is -2.41. The Morgan fingerprint density at radius 3 is 2.35 bits per heavy atom. The Kier molecular flexibility index (Phi) is 12.7. The number of nitrogens with two attached hydrogens (primary N) is 1. The van der Waals surface area contributed by atoms with Crippen LogP contribution < -0.4 is 42.4 Å². The summed E-state index contributed by atoms with van der Waals surface area (Å²) in [5.74, 6) is -6.77. The van der Waals surface area contributed by atoms with Gasteiger partial charge in [0.1, 0.15) is 40.5 Å². The lowest BCUT2D eigenvalue weighted by molar-refractivity contribution is -0.139. The van der Waals surface area contributed by atoms with Crippen molar-refractivity contribution in [3.8, 4) is 17.2 Å². The molecule has 0 saturated carbocycles. The van der Waals surface area contributed by atoms with Gasteiger partial charge in [-0.3, -0.25) is 24.2 Å². The van der Waals surface area contributed by atoms with Gasteiger partial charge in [-0.05, 0) is 86.0 Å². The van der Waals surface area contributed by atoms with E-state index in [1.165, 1.54) is 42.6 Å². The number of aryl methyl sites for hydroxylation is 1. The molecular formula is C46H39F2N7O10. The number of aliphatic carboxylic acids is 1. The number of amides is 2. The smallest absolute Gasteiger partial charge is 0.336 e. The van der Waals surface area contributed by atoms with Gasteiger partial charge in [-0.1, -0.05) is 6.58 Å². The number of hydrogen-bond donors (Lipinski definition) is 8. The van der Waals surface area contributed by atoms with Crippen LogP contribution >= 0.6 is 0 Å². The molecule has 0 radical (unpaired) electrons. The third-order valence-electron chi connectivity index (χ3n) is 10.6. The number of phenols is 1. The molecule has 0 unspecified atom stereocenters. The number of anilines is 2. The number of nitrogens with one attached hydrogen (secondary N) is 4. The molecular weight excluding hydrogens is 849 g/mol. The number of aromatic carboxylic acids is 1. The van der Waals surface area contributed by atoms with E-state index >= 15 is 0 Å². The standard InChI is InChI=1S/C46H39F2N7O10/c1-21-14-36-30(16-32(21)47)38(31-17-33(48)35(57)18-37(31)65-36)29-15-24(7-11-28(29)45(61)62)42(58)50-13-3-4-27(56)10-12-34(46(63)64)54-43(59)23-5-8-25(9-6-23)51-19-26-20-52-39-22(2)41(49)55-44(60)40(39)53-26/h5-9,11,14-18,20,34,51,57H,1,3-4,10,12-13,19H2,2H3,(H,50,58)(H,54,59)(H,61,62)(H,63,64)(H3,49,55,60)/t34-/m0/s1. The van der Waals surface area contributed by atoms with Crippen molar-refractivity contribution < 1.29 is 52.8 Å². The molecule has 332 valence electrons. The van der Waals surface area contributed by atoms with Crippen LogP contribution in [-0.4, -0.2) is 72.4 Å². The number of carboxylic acids is 2. The van der Waals surface area contributed by atoms with Gasteiger partial charge in [0.2, 0.25) is 0 Å². The summed E-state index contributed by atoms with van der Waals surface area (Å²) in [5, 5.41) is 38.1. The third-order valence-corrected chi connectivity index (χ3v) is 10.6. The summed E-state index contributed by atoms with van der Waals surface area (Å²) < 4.78 is 35.4. The van der Waals surface area contributed by atoms with E-state index in [0.717, 1.165) is 18.2 Å². The zero-order chi connectivity index (χ0) is 46.7. The number of fused-ring (bicyclic) bond motifs is 3. The average Bonchev–Trinajstić information content (AvgIpc) is 3.27. The number of benzene rings is 4. The predicted molar refractivity (Wildman–Crippen MR) is 232 cm³/mol. The Bertz CT molecular complexity index is 3140. The fourth-order valence-corrected chi connectivity index (χ4v) is 7.13. The normalized spacial score (nSPS) is 12.1. The van der Waals surface area contributed by atoms with Crippen LogP contribution in [0.25, 0.3) is 23.2 Å². The molecule has 19 heteroatoms.